The Bertz CT molecular complexity index is 2730. The number of allylic oxidation sites excluding steroid dienone is 1. The van der Waals surface area contributed by atoms with Crippen LogP contribution in [0.2, 0.25) is 5.02 Å². The predicted molar refractivity (Wildman–Crippen MR) is 199 cm³/mol. The van der Waals surface area contributed by atoms with Crippen molar-refractivity contribution in [1.82, 2.24) is 39.6 Å². The average molecular weight is 850 g/mol. The lowest BCUT2D eigenvalue weighted by atomic mass is 9.93. The third-order valence-electron chi connectivity index (χ3n) is 9.57. The van der Waals surface area contributed by atoms with Crippen molar-refractivity contribution < 1.29 is 43.9 Å². The second-order valence-corrected chi connectivity index (χ2v) is 15.9. The van der Waals surface area contributed by atoms with Crippen molar-refractivity contribution in [3.05, 3.63) is 112 Å². The molecule has 12 nitrogen and oxygen atoms in total. The number of hydrogen-bond acceptors (Lipinski definition) is 7. The summed E-state index contributed by atoms with van der Waals surface area (Å²) in [6, 6.07) is 9.19. The number of hydrogen-bond donors (Lipinski definition) is 2. The summed E-state index contributed by atoms with van der Waals surface area (Å²) in [7, 11) is -0.688. The molecule has 0 saturated heterocycles. The number of benzene rings is 2. The first-order chi connectivity index (χ1) is 27.1. The van der Waals surface area contributed by atoms with E-state index in [0.29, 0.717) is 33.2 Å². The van der Waals surface area contributed by atoms with E-state index >= 15 is 8.78 Å². The van der Waals surface area contributed by atoms with Crippen LogP contribution in [0.4, 0.5) is 36.6 Å². The van der Waals surface area contributed by atoms with E-state index in [-0.39, 0.29) is 39.5 Å². The van der Waals surface area contributed by atoms with Crippen molar-refractivity contribution in [2.45, 2.75) is 43.4 Å². The number of pyridine rings is 1. The minimum Gasteiger partial charge on any atom is -0.346 e. The number of fused-ring (bicyclic) bond motifs is 2. The van der Waals surface area contributed by atoms with Gasteiger partial charge in [0.1, 0.15) is 23.9 Å². The number of aromatic nitrogens is 7. The molecule has 0 radical (unpaired) electrons. The predicted octanol–water partition coefficient (Wildman–Crippen LogP) is 7.42. The van der Waals surface area contributed by atoms with Gasteiger partial charge < -0.3 is 5.32 Å². The van der Waals surface area contributed by atoms with Crippen molar-refractivity contribution in [1.29, 1.82) is 0 Å². The van der Waals surface area contributed by atoms with E-state index in [9.17, 15) is 35.2 Å². The Morgan fingerprint density at radius 3 is 2.36 bits per heavy atom. The third kappa shape index (κ3) is 7.64. The minimum absolute atomic E-state index is 0.0163. The topological polar surface area (TPSA) is 142 Å². The summed E-state index contributed by atoms with van der Waals surface area (Å²) >= 11 is 6.59. The van der Waals surface area contributed by atoms with Crippen LogP contribution >= 0.6 is 11.6 Å². The minimum atomic E-state index is -5.14. The van der Waals surface area contributed by atoms with Gasteiger partial charge in [0.25, 0.3) is 5.92 Å². The van der Waals surface area contributed by atoms with Crippen molar-refractivity contribution in [3.8, 4) is 22.5 Å². The molecule has 2 aromatic carbocycles. The number of carbonyl (C=O) groups excluding carboxylic acids is 1. The molecular weight excluding hydrogens is 819 g/mol. The lowest BCUT2D eigenvalue weighted by Crippen LogP contribution is -2.35. The zero-order valence-corrected chi connectivity index (χ0v) is 32.1. The van der Waals surface area contributed by atoms with Crippen LogP contribution in [0.5, 0.6) is 0 Å². The van der Waals surface area contributed by atoms with Crippen LogP contribution in [0.1, 0.15) is 46.6 Å². The molecule has 1 aliphatic carbocycles. The summed E-state index contributed by atoms with van der Waals surface area (Å²) in [5, 5.41) is 14.9. The van der Waals surface area contributed by atoms with Gasteiger partial charge in [-0.05, 0) is 42.3 Å². The van der Waals surface area contributed by atoms with E-state index in [4.69, 9.17) is 16.6 Å². The Morgan fingerprint density at radius 2 is 1.74 bits per heavy atom. The van der Waals surface area contributed by atoms with E-state index in [0.717, 1.165) is 24.5 Å². The lowest BCUT2D eigenvalue weighted by molar-refractivity contribution is -0.142. The first-order valence-corrected chi connectivity index (χ1v) is 19.5. The number of nitrogens with one attached hydrogen (secondary N) is 2. The molecule has 58 heavy (non-hydrogen) atoms. The van der Waals surface area contributed by atoms with Gasteiger partial charge in [-0.1, -0.05) is 29.8 Å². The zero-order valence-electron chi connectivity index (χ0n) is 30.5. The maximum absolute atomic E-state index is 15.4. The number of sulfonamides is 1. The summed E-state index contributed by atoms with van der Waals surface area (Å²) in [6.45, 7) is 2.29. The smallest absolute Gasteiger partial charge is 0.346 e. The number of nitrogens with zero attached hydrogens (tertiary/aromatic N) is 7. The van der Waals surface area contributed by atoms with E-state index < -0.39 is 81.5 Å². The van der Waals surface area contributed by atoms with Gasteiger partial charge >= 0.3 is 6.18 Å². The summed E-state index contributed by atoms with van der Waals surface area (Å²) in [5.74, 6) is -8.31. The lowest BCUT2D eigenvalue weighted by Gasteiger charge is -2.23. The van der Waals surface area contributed by atoms with Crippen LogP contribution in [-0.2, 0) is 54.0 Å². The van der Waals surface area contributed by atoms with E-state index in [1.165, 1.54) is 28.7 Å². The number of amides is 1. The number of aryl methyl sites for hydroxylation is 2. The van der Waals surface area contributed by atoms with Gasteiger partial charge in [-0.3, -0.25) is 23.6 Å². The normalized spacial score (nSPS) is 15.7. The molecule has 0 aliphatic heterocycles. The van der Waals surface area contributed by atoms with Crippen LogP contribution in [0.25, 0.3) is 33.4 Å². The molecule has 4 aromatic heterocycles. The molecule has 2 atom stereocenters. The highest BCUT2D eigenvalue weighted by molar-refractivity contribution is 7.92. The largest absolute Gasteiger partial charge is 0.435 e. The second kappa shape index (κ2) is 14.6. The van der Waals surface area contributed by atoms with Crippen LogP contribution in [-0.4, -0.2) is 54.9 Å². The fraction of sp³-hybridized carbons (Fsp3) is 0.270. The second-order valence-electron chi connectivity index (χ2n) is 13.8. The SMILES string of the molecule is C=C[C@H]1CC(F)(F)c2c1c(C(F)(F)F)nn2CC(=O)N[C@@H](Cc1cc(F)cc(F)c1)c1nc(-c2ccnn2C)ccc1-c1ccc(Cl)c2c(NS(C)(=O)=O)nn(C)c12. The van der Waals surface area contributed by atoms with Gasteiger partial charge in [-0.15, -0.1) is 6.58 Å². The van der Waals surface area contributed by atoms with Gasteiger partial charge in [-0.2, -0.15) is 37.2 Å². The Balaban J connectivity index is 1.41. The average Bonchev–Trinajstić information content (AvgIpc) is 3.86. The van der Waals surface area contributed by atoms with Gasteiger partial charge in [0.2, 0.25) is 15.9 Å². The van der Waals surface area contributed by atoms with Crippen molar-refractivity contribution in [2.75, 3.05) is 11.0 Å². The first kappa shape index (κ1) is 40.4. The summed E-state index contributed by atoms with van der Waals surface area (Å²) in [5.41, 5.74) is -1.70. The summed E-state index contributed by atoms with van der Waals surface area (Å²) < 4.78 is 132. The van der Waals surface area contributed by atoms with Crippen LogP contribution < -0.4 is 10.0 Å². The van der Waals surface area contributed by atoms with Gasteiger partial charge in [0, 0.05) is 55.4 Å². The molecule has 21 heteroatoms. The van der Waals surface area contributed by atoms with Crippen LogP contribution in [0.3, 0.4) is 0 Å². The maximum Gasteiger partial charge on any atom is 0.435 e. The molecular formula is C37H31ClF7N9O3S. The Hall–Kier alpha value is -5.76. The third-order valence-corrected chi connectivity index (χ3v) is 10.5. The maximum atomic E-state index is 15.4. The molecule has 7 rings (SSSR count). The molecule has 0 spiro atoms. The van der Waals surface area contributed by atoms with E-state index in [2.05, 4.69) is 31.9 Å². The monoisotopic (exact) mass is 849 g/mol. The van der Waals surface area contributed by atoms with Gasteiger partial charge in [-0.25, -0.2) is 22.2 Å². The fourth-order valence-corrected chi connectivity index (χ4v) is 8.08. The van der Waals surface area contributed by atoms with Crippen molar-refractivity contribution in [2.24, 2.45) is 14.1 Å². The number of carbonyl (C=O) groups is 1. The number of anilines is 1. The molecule has 4 heterocycles. The van der Waals surface area contributed by atoms with Crippen LogP contribution in [0, 0.1) is 11.6 Å². The molecule has 0 unspecified atom stereocenters. The number of halogens is 8. The summed E-state index contributed by atoms with van der Waals surface area (Å²) in [6.07, 6.45) is -3.14. The molecule has 304 valence electrons. The Morgan fingerprint density at radius 1 is 1.05 bits per heavy atom. The van der Waals surface area contributed by atoms with Gasteiger partial charge in [0.05, 0.1) is 45.3 Å². The first-order valence-electron chi connectivity index (χ1n) is 17.2. The molecule has 1 aliphatic rings. The molecule has 0 saturated carbocycles. The summed E-state index contributed by atoms with van der Waals surface area (Å²) in [4.78, 5) is 18.9. The number of rotatable bonds is 11. The highest BCUT2D eigenvalue weighted by atomic mass is 35.5. The van der Waals surface area contributed by atoms with Gasteiger partial charge in [0.15, 0.2) is 11.5 Å². The highest BCUT2D eigenvalue weighted by Crippen LogP contribution is 2.52. The number of alkyl halides is 5. The molecule has 1 amide bonds. The molecule has 6 aromatic rings. The van der Waals surface area contributed by atoms with Crippen molar-refractivity contribution in [3.63, 3.8) is 0 Å². The highest BCUT2D eigenvalue weighted by Gasteiger charge is 2.53. The standard InChI is InChI=1S/C37H31ClF7N9O3S/c1-5-19-16-36(41,42)34-29(19)33(37(43,44)45)49-54(34)17-28(55)47-26(14-18-12-20(39)15-21(40)13-18)31-22(7-9-25(48-31)27-10-11-46-52(27)2)23-6-8-24(38)30-32(23)53(3)50-35(30)51-58(4,56)57/h5-13,15,19,26H,1,14,16-17H2,2-4H3,(H,47,55)(H,50,51)/t19-,26-/m0/s1. The van der Waals surface area contributed by atoms with Crippen molar-refractivity contribution >= 4 is 44.3 Å². The van der Waals surface area contributed by atoms with E-state index in [1.54, 1.807) is 31.3 Å². The molecule has 0 bridgehead atoms. The zero-order chi connectivity index (χ0) is 42.1. The van der Waals surface area contributed by atoms with Crippen LogP contribution in [0.15, 0.2) is 67.4 Å². The Labute approximate surface area is 330 Å². The molecule has 2 N–H and O–H groups in total. The van der Waals surface area contributed by atoms with E-state index in [1.807, 2.05) is 0 Å². The fourth-order valence-electron chi connectivity index (χ4n) is 7.35. The Kier molecular flexibility index (Phi) is 10.2. The quantitative estimate of drug-likeness (QED) is 0.102. The molecule has 0 fully saturated rings.